The zero-order chi connectivity index (χ0) is 23.3. The Hall–Kier alpha value is -3.66. The van der Waals surface area contributed by atoms with Crippen molar-refractivity contribution in [2.45, 2.75) is 33.2 Å². The van der Waals surface area contributed by atoms with E-state index in [1.807, 2.05) is 69.3 Å². The second kappa shape index (κ2) is 12.9. The number of rotatable bonds is 12. The molecule has 0 aliphatic carbocycles. The number of nitriles is 1. The number of carbonyl (C=O) groups is 1. The van der Waals surface area contributed by atoms with E-state index in [-0.39, 0.29) is 11.6 Å². The Bertz CT molecular complexity index is 949. The third kappa shape index (κ3) is 7.24. The number of methoxy groups -OCH3 is 1. The van der Waals surface area contributed by atoms with Crippen LogP contribution in [0.5, 0.6) is 17.2 Å². The summed E-state index contributed by atoms with van der Waals surface area (Å²) in [7, 11) is 1.60. The Kier molecular flexibility index (Phi) is 9.92. The molecule has 0 aliphatic rings. The molecule has 0 saturated heterocycles. The largest absolute Gasteiger partial charge is 0.497 e. The van der Waals surface area contributed by atoms with E-state index >= 15 is 0 Å². The molecule has 2 N–H and O–H groups in total. The van der Waals surface area contributed by atoms with E-state index in [2.05, 4.69) is 10.6 Å². The fourth-order valence-corrected chi connectivity index (χ4v) is 3.04. The maximum Gasteiger partial charge on any atom is 0.263 e. The number of nitrogens with zero attached hydrogens (tertiary/aromatic N) is 1. The molecule has 32 heavy (non-hydrogen) atoms. The van der Waals surface area contributed by atoms with Gasteiger partial charge in [0.2, 0.25) is 0 Å². The summed E-state index contributed by atoms with van der Waals surface area (Å²) in [6, 6.07) is 15.0. The van der Waals surface area contributed by atoms with Crippen molar-refractivity contribution in [3.63, 3.8) is 0 Å². The van der Waals surface area contributed by atoms with Crippen molar-refractivity contribution < 1.29 is 19.0 Å². The first-order chi connectivity index (χ1) is 15.5. The van der Waals surface area contributed by atoms with Crippen LogP contribution in [-0.4, -0.2) is 32.8 Å². The van der Waals surface area contributed by atoms with Crippen LogP contribution in [0.15, 0.2) is 54.2 Å². The number of carbonyl (C=O) groups excluding carboxylic acids is 1. The van der Waals surface area contributed by atoms with Crippen molar-refractivity contribution >= 4 is 5.91 Å². The molecule has 0 spiro atoms. The van der Waals surface area contributed by atoms with Crippen LogP contribution >= 0.6 is 0 Å². The lowest BCUT2D eigenvalue weighted by atomic mass is 10.1. The zero-order valence-electron chi connectivity index (χ0n) is 19.1. The molecule has 170 valence electrons. The number of nitrogens with one attached hydrogen (secondary N) is 2. The highest BCUT2D eigenvalue weighted by Crippen LogP contribution is 2.28. The van der Waals surface area contributed by atoms with Crippen LogP contribution in [0.4, 0.5) is 0 Å². The van der Waals surface area contributed by atoms with Gasteiger partial charge in [0.1, 0.15) is 17.4 Å². The molecular formula is C25H31N3O4. The summed E-state index contributed by atoms with van der Waals surface area (Å²) in [5.41, 5.74) is 2.01. The Morgan fingerprint density at radius 2 is 1.78 bits per heavy atom. The molecule has 0 aromatic heterocycles. The summed E-state index contributed by atoms with van der Waals surface area (Å²) in [4.78, 5) is 12.5. The lowest BCUT2D eigenvalue weighted by Crippen LogP contribution is -2.28. The van der Waals surface area contributed by atoms with Gasteiger partial charge in [-0.1, -0.05) is 18.2 Å². The lowest BCUT2D eigenvalue weighted by Gasteiger charge is -2.14. The van der Waals surface area contributed by atoms with Gasteiger partial charge in [-0.25, -0.2) is 0 Å². The highest BCUT2D eigenvalue weighted by Gasteiger charge is 2.14. The SMILES string of the molecule is CCOc1ccc(CCN/C=C(/C#N)C(=O)NC(C)c2ccc(OC)cc2)cc1OCC. The molecule has 0 bridgehead atoms. The Labute approximate surface area is 190 Å². The Balaban J connectivity index is 1.91. The van der Waals surface area contributed by atoms with Crippen LogP contribution in [0.3, 0.4) is 0 Å². The zero-order valence-corrected chi connectivity index (χ0v) is 19.1. The maximum absolute atomic E-state index is 12.5. The van der Waals surface area contributed by atoms with Gasteiger partial charge in [0.15, 0.2) is 11.5 Å². The summed E-state index contributed by atoms with van der Waals surface area (Å²) >= 11 is 0. The topological polar surface area (TPSA) is 92.6 Å². The van der Waals surface area contributed by atoms with Crippen LogP contribution in [0.1, 0.15) is 37.9 Å². The monoisotopic (exact) mass is 437 g/mol. The molecule has 0 aliphatic heterocycles. The Morgan fingerprint density at radius 3 is 2.41 bits per heavy atom. The molecule has 2 aromatic rings. The molecule has 7 nitrogen and oxygen atoms in total. The molecule has 2 aromatic carbocycles. The van der Waals surface area contributed by atoms with Gasteiger partial charge >= 0.3 is 0 Å². The van der Waals surface area contributed by atoms with Gasteiger partial charge in [0.25, 0.3) is 5.91 Å². The van der Waals surface area contributed by atoms with Gasteiger partial charge in [-0.05, 0) is 62.6 Å². The predicted molar refractivity (Wildman–Crippen MR) is 124 cm³/mol. The molecule has 2 rings (SSSR count). The maximum atomic E-state index is 12.5. The van der Waals surface area contributed by atoms with Gasteiger partial charge in [-0.3, -0.25) is 4.79 Å². The molecule has 1 amide bonds. The number of hydrogen-bond acceptors (Lipinski definition) is 6. The van der Waals surface area contributed by atoms with E-state index in [9.17, 15) is 10.1 Å². The molecule has 1 unspecified atom stereocenters. The molecule has 7 heteroatoms. The van der Waals surface area contributed by atoms with E-state index in [4.69, 9.17) is 14.2 Å². The molecule has 0 fully saturated rings. The predicted octanol–water partition coefficient (Wildman–Crippen LogP) is 3.91. The van der Waals surface area contributed by atoms with Crippen LogP contribution in [0.2, 0.25) is 0 Å². The van der Waals surface area contributed by atoms with Crippen molar-refractivity contribution in [1.29, 1.82) is 5.26 Å². The average molecular weight is 438 g/mol. The van der Waals surface area contributed by atoms with Crippen LogP contribution in [0.25, 0.3) is 0 Å². The second-order valence-electron chi connectivity index (χ2n) is 6.99. The molecule has 1 atom stereocenters. The average Bonchev–Trinajstić information content (AvgIpc) is 2.80. The van der Waals surface area contributed by atoms with Crippen LogP contribution in [0, 0.1) is 11.3 Å². The molecular weight excluding hydrogens is 406 g/mol. The number of ether oxygens (including phenoxy) is 3. The minimum Gasteiger partial charge on any atom is -0.497 e. The normalized spacial score (nSPS) is 11.8. The Morgan fingerprint density at radius 1 is 1.09 bits per heavy atom. The summed E-state index contributed by atoms with van der Waals surface area (Å²) < 4.78 is 16.4. The van der Waals surface area contributed by atoms with Gasteiger partial charge in [0, 0.05) is 12.7 Å². The lowest BCUT2D eigenvalue weighted by molar-refractivity contribution is -0.117. The van der Waals surface area contributed by atoms with E-state index in [0.29, 0.717) is 31.9 Å². The van der Waals surface area contributed by atoms with Crippen LogP contribution < -0.4 is 24.8 Å². The minimum atomic E-state index is -0.428. The van der Waals surface area contributed by atoms with E-state index < -0.39 is 5.91 Å². The molecule has 0 radical (unpaired) electrons. The molecule has 0 heterocycles. The van der Waals surface area contributed by atoms with Gasteiger partial charge < -0.3 is 24.8 Å². The first-order valence-corrected chi connectivity index (χ1v) is 10.7. The highest BCUT2D eigenvalue weighted by molar-refractivity contribution is 5.97. The van der Waals surface area contributed by atoms with Gasteiger partial charge in [-0.2, -0.15) is 5.26 Å². The highest BCUT2D eigenvalue weighted by atomic mass is 16.5. The second-order valence-corrected chi connectivity index (χ2v) is 6.99. The van der Waals surface area contributed by atoms with Gasteiger partial charge in [-0.15, -0.1) is 0 Å². The fraction of sp³-hybridized carbons (Fsp3) is 0.360. The first kappa shape index (κ1) is 24.6. The number of hydrogen-bond donors (Lipinski definition) is 2. The van der Waals surface area contributed by atoms with E-state index in [1.54, 1.807) is 7.11 Å². The standard InChI is InChI=1S/C25H31N3O4/c1-5-31-23-12-7-19(15-24(23)32-6-2)13-14-27-17-21(16-26)25(29)28-18(3)20-8-10-22(30-4)11-9-20/h7-12,15,17-18,27H,5-6,13-14H2,1-4H3,(H,28,29)/b21-17-. The third-order valence-electron chi connectivity index (χ3n) is 4.74. The van der Waals surface area contributed by atoms with Crippen molar-refractivity contribution in [2.75, 3.05) is 26.9 Å². The third-order valence-corrected chi connectivity index (χ3v) is 4.74. The summed E-state index contributed by atoms with van der Waals surface area (Å²) in [5.74, 6) is 1.75. The van der Waals surface area contributed by atoms with Gasteiger partial charge in [0.05, 0.1) is 26.4 Å². The summed E-state index contributed by atoms with van der Waals surface area (Å²) in [6.45, 7) is 7.41. The number of amides is 1. The number of benzene rings is 2. The quantitative estimate of drug-likeness (QED) is 0.297. The van der Waals surface area contributed by atoms with Crippen molar-refractivity contribution in [3.8, 4) is 23.3 Å². The van der Waals surface area contributed by atoms with Crippen LogP contribution in [-0.2, 0) is 11.2 Å². The van der Waals surface area contributed by atoms with Crippen molar-refractivity contribution in [3.05, 3.63) is 65.4 Å². The molecule has 0 saturated carbocycles. The smallest absolute Gasteiger partial charge is 0.263 e. The minimum absolute atomic E-state index is 0.0204. The summed E-state index contributed by atoms with van der Waals surface area (Å²) in [5, 5.41) is 15.3. The first-order valence-electron chi connectivity index (χ1n) is 10.7. The van der Waals surface area contributed by atoms with Crippen molar-refractivity contribution in [1.82, 2.24) is 10.6 Å². The van der Waals surface area contributed by atoms with E-state index in [1.165, 1.54) is 6.20 Å². The summed E-state index contributed by atoms with van der Waals surface area (Å²) in [6.07, 6.45) is 2.15. The van der Waals surface area contributed by atoms with E-state index in [0.717, 1.165) is 22.6 Å². The van der Waals surface area contributed by atoms with Crippen molar-refractivity contribution in [2.24, 2.45) is 0 Å². The fourth-order valence-electron chi connectivity index (χ4n) is 3.04.